The number of carboxylic acids is 1. The second-order valence-electron chi connectivity index (χ2n) is 6.61. The predicted molar refractivity (Wildman–Crippen MR) is 101 cm³/mol. The van der Waals surface area contributed by atoms with Crippen LogP contribution in [0.1, 0.15) is 36.4 Å². The number of carbonyl (C=O) groups is 2. The number of aryl methyl sites for hydroxylation is 1. The fraction of sp³-hybridized carbons (Fsp3) is 0.421. The van der Waals surface area contributed by atoms with Crippen molar-refractivity contribution < 1.29 is 14.7 Å². The summed E-state index contributed by atoms with van der Waals surface area (Å²) < 4.78 is 0. The van der Waals surface area contributed by atoms with Crippen LogP contribution in [0, 0.1) is 12.8 Å². The average molecular weight is 373 g/mol. The quantitative estimate of drug-likeness (QED) is 0.856. The van der Waals surface area contributed by atoms with E-state index in [1.165, 1.54) is 0 Å². The third-order valence-electron chi connectivity index (χ3n) is 4.72. The van der Waals surface area contributed by atoms with E-state index in [2.05, 4.69) is 10.3 Å². The van der Waals surface area contributed by atoms with E-state index in [1.54, 1.807) is 16.2 Å². The van der Waals surface area contributed by atoms with E-state index >= 15 is 0 Å². The monoisotopic (exact) mass is 373 g/mol. The molecule has 1 fully saturated rings. The van der Waals surface area contributed by atoms with Crippen molar-refractivity contribution >= 4 is 23.3 Å². The molecule has 2 amide bonds. The Balaban J connectivity index is 1.63. The number of amides is 2. The van der Waals surface area contributed by atoms with Crippen molar-refractivity contribution in [1.29, 1.82) is 0 Å². The first-order chi connectivity index (χ1) is 12.5. The van der Waals surface area contributed by atoms with Gasteiger partial charge in [-0.1, -0.05) is 30.3 Å². The fourth-order valence-electron chi connectivity index (χ4n) is 3.19. The molecule has 0 bridgehead atoms. The van der Waals surface area contributed by atoms with Crippen LogP contribution in [0.2, 0.25) is 0 Å². The number of nitrogens with zero attached hydrogens (tertiary/aromatic N) is 2. The minimum absolute atomic E-state index is 0.143. The number of carboxylic acid groups (broad SMARTS) is 1. The molecule has 6 nitrogen and oxygen atoms in total. The number of thiazole rings is 1. The molecular weight excluding hydrogens is 350 g/mol. The molecule has 1 atom stereocenters. The zero-order chi connectivity index (χ0) is 18.7. The van der Waals surface area contributed by atoms with Crippen LogP contribution in [0.4, 0.5) is 4.79 Å². The molecule has 0 aliphatic carbocycles. The van der Waals surface area contributed by atoms with Crippen molar-refractivity contribution in [2.24, 2.45) is 5.92 Å². The van der Waals surface area contributed by atoms with Gasteiger partial charge in [0.2, 0.25) is 0 Å². The molecule has 7 heteroatoms. The molecule has 2 heterocycles. The smallest absolute Gasteiger partial charge is 0.317 e. The first-order valence-corrected chi connectivity index (χ1v) is 9.58. The third kappa shape index (κ3) is 4.04. The van der Waals surface area contributed by atoms with Crippen LogP contribution < -0.4 is 5.32 Å². The maximum Gasteiger partial charge on any atom is 0.317 e. The summed E-state index contributed by atoms with van der Waals surface area (Å²) >= 11 is 1.59. The Hall–Kier alpha value is -2.41. The molecule has 1 aliphatic heterocycles. The van der Waals surface area contributed by atoms with Crippen molar-refractivity contribution in [1.82, 2.24) is 15.2 Å². The predicted octanol–water partition coefficient (Wildman–Crippen LogP) is 3.69. The maximum atomic E-state index is 12.5. The number of carbonyl (C=O) groups excluding carboxylic acids is 1. The molecule has 3 rings (SSSR count). The molecule has 0 radical (unpaired) electrons. The maximum absolute atomic E-state index is 12.5. The van der Waals surface area contributed by atoms with E-state index in [0.29, 0.717) is 25.9 Å². The second-order valence-corrected chi connectivity index (χ2v) is 7.64. The SMILES string of the molecule is Cc1nc(-c2ccccc2)sc1C(C)NC(=O)N1CCC(C(=O)O)CC1. The van der Waals surface area contributed by atoms with Crippen LogP contribution >= 0.6 is 11.3 Å². The van der Waals surface area contributed by atoms with Crippen LogP contribution in [0.3, 0.4) is 0 Å². The van der Waals surface area contributed by atoms with Crippen molar-refractivity contribution in [2.45, 2.75) is 32.7 Å². The lowest BCUT2D eigenvalue weighted by molar-refractivity contribution is -0.143. The molecule has 1 aromatic carbocycles. The molecule has 0 saturated carbocycles. The largest absolute Gasteiger partial charge is 0.481 e. The van der Waals surface area contributed by atoms with Crippen LogP contribution in [0.15, 0.2) is 30.3 Å². The zero-order valence-corrected chi connectivity index (χ0v) is 15.8. The highest BCUT2D eigenvalue weighted by Gasteiger charge is 2.28. The van der Waals surface area contributed by atoms with Gasteiger partial charge in [-0.15, -0.1) is 11.3 Å². The van der Waals surface area contributed by atoms with Gasteiger partial charge >= 0.3 is 12.0 Å². The third-order valence-corrected chi connectivity index (χ3v) is 6.11. The number of piperidine rings is 1. The van der Waals surface area contributed by atoms with Crippen LogP contribution in [-0.2, 0) is 4.79 Å². The Kier molecular flexibility index (Phi) is 5.56. The Morgan fingerprint density at radius 2 is 1.92 bits per heavy atom. The van der Waals surface area contributed by atoms with E-state index in [1.807, 2.05) is 44.2 Å². The summed E-state index contributed by atoms with van der Waals surface area (Å²) in [5, 5.41) is 13.0. The Bertz CT molecular complexity index is 783. The first kappa shape index (κ1) is 18.4. The van der Waals surface area contributed by atoms with E-state index in [4.69, 9.17) is 5.11 Å². The summed E-state index contributed by atoms with van der Waals surface area (Å²) in [4.78, 5) is 30.9. The van der Waals surface area contributed by atoms with Gasteiger partial charge < -0.3 is 15.3 Å². The molecule has 2 N–H and O–H groups in total. The van der Waals surface area contributed by atoms with Gasteiger partial charge in [0.1, 0.15) is 5.01 Å². The lowest BCUT2D eigenvalue weighted by atomic mass is 9.97. The Labute approximate surface area is 156 Å². The van der Waals surface area contributed by atoms with Gasteiger partial charge in [0.25, 0.3) is 0 Å². The first-order valence-electron chi connectivity index (χ1n) is 8.76. The van der Waals surface area contributed by atoms with Gasteiger partial charge in [-0.05, 0) is 26.7 Å². The number of rotatable bonds is 4. The molecule has 0 spiro atoms. The number of benzene rings is 1. The number of aliphatic carboxylic acids is 1. The van der Waals surface area contributed by atoms with Gasteiger partial charge in [-0.25, -0.2) is 9.78 Å². The molecule has 2 aromatic rings. The number of likely N-dealkylation sites (tertiary alicyclic amines) is 1. The Morgan fingerprint density at radius 1 is 1.27 bits per heavy atom. The summed E-state index contributed by atoms with van der Waals surface area (Å²) in [6.45, 7) is 4.87. The molecule has 1 unspecified atom stereocenters. The topological polar surface area (TPSA) is 82.5 Å². The molecule has 138 valence electrons. The summed E-state index contributed by atoms with van der Waals surface area (Å²) in [5.41, 5.74) is 1.99. The van der Waals surface area contributed by atoms with Crippen LogP contribution in [-0.4, -0.2) is 40.1 Å². The molecule has 26 heavy (non-hydrogen) atoms. The zero-order valence-electron chi connectivity index (χ0n) is 14.9. The highest BCUT2D eigenvalue weighted by atomic mass is 32.1. The van der Waals surface area contributed by atoms with Crippen molar-refractivity contribution in [3.63, 3.8) is 0 Å². The van der Waals surface area contributed by atoms with E-state index in [-0.39, 0.29) is 18.0 Å². The number of hydrogen-bond acceptors (Lipinski definition) is 4. The van der Waals surface area contributed by atoms with Crippen molar-refractivity contribution in [3.05, 3.63) is 40.9 Å². The normalized spacial score (nSPS) is 16.3. The summed E-state index contributed by atoms with van der Waals surface area (Å²) in [6, 6.07) is 9.71. The van der Waals surface area contributed by atoms with Gasteiger partial charge in [0.05, 0.1) is 22.5 Å². The number of hydrogen-bond donors (Lipinski definition) is 2. The highest BCUT2D eigenvalue weighted by molar-refractivity contribution is 7.15. The number of nitrogens with one attached hydrogen (secondary N) is 1. The van der Waals surface area contributed by atoms with Crippen LogP contribution in [0.25, 0.3) is 10.6 Å². The molecule has 1 saturated heterocycles. The summed E-state index contributed by atoms with van der Waals surface area (Å²) in [7, 11) is 0. The lowest BCUT2D eigenvalue weighted by Gasteiger charge is -2.31. The van der Waals surface area contributed by atoms with Crippen LogP contribution in [0.5, 0.6) is 0 Å². The van der Waals surface area contributed by atoms with Crippen molar-refractivity contribution in [3.8, 4) is 10.6 Å². The van der Waals surface area contributed by atoms with Gasteiger partial charge in [-0.3, -0.25) is 4.79 Å². The molecular formula is C19H23N3O3S. The highest BCUT2D eigenvalue weighted by Crippen LogP contribution is 2.31. The van der Waals surface area contributed by atoms with Gasteiger partial charge in [0, 0.05) is 18.7 Å². The number of urea groups is 1. The molecule has 1 aromatic heterocycles. The minimum atomic E-state index is -0.771. The fourth-order valence-corrected chi connectivity index (χ4v) is 4.26. The average Bonchev–Trinajstić information content (AvgIpc) is 3.04. The second kappa shape index (κ2) is 7.86. The summed E-state index contributed by atoms with van der Waals surface area (Å²) in [5.74, 6) is -1.11. The van der Waals surface area contributed by atoms with Gasteiger partial charge in [-0.2, -0.15) is 0 Å². The molecule has 1 aliphatic rings. The Morgan fingerprint density at radius 3 is 2.54 bits per heavy atom. The minimum Gasteiger partial charge on any atom is -0.481 e. The number of aromatic nitrogens is 1. The van der Waals surface area contributed by atoms with E-state index in [0.717, 1.165) is 21.1 Å². The van der Waals surface area contributed by atoms with Gasteiger partial charge in [0.15, 0.2) is 0 Å². The lowest BCUT2D eigenvalue weighted by Crippen LogP contribution is -2.46. The summed E-state index contributed by atoms with van der Waals surface area (Å²) in [6.07, 6.45) is 1.02. The van der Waals surface area contributed by atoms with Crippen molar-refractivity contribution in [2.75, 3.05) is 13.1 Å². The van der Waals surface area contributed by atoms with E-state index in [9.17, 15) is 9.59 Å². The standard InChI is InChI=1S/C19H23N3O3S/c1-12-16(26-17(20-12)14-6-4-3-5-7-14)13(2)21-19(25)22-10-8-15(9-11-22)18(23)24/h3-7,13,15H,8-11H2,1-2H3,(H,21,25)(H,23,24). The van der Waals surface area contributed by atoms with E-state index < -0.39 is 5.97 Å².